The van der Waals surface area contributed by atoms with Gasteiger partial charge in [0, 0.05) is 0 Å². The Hall–Kier alpha value is -0.260. The van der Waals surface area contributed by atoms with Gasteiger partial charge < -0.3 is 0 Å². The fourth-order valence-corrected chi connectivity index (χ4v) is 2.14. The first-order valence-electron chi connectivity index (χ1n) is 7.40. The van der Waals surface area contributed by atoms with Gasteiger partial charge in [0.05, 0.1) is 0 Å². The molecule has 0 aromatic heterocycles. The van der Waals surface area contributed by atoms with Crippen LogP contribution in [-0.4, -0.2) is 0 Å². The molecule has 96 valence electrons. The van der Waals surface area contributed by atoms with Crippen molar-refractivity contribution in [1.82, 2.24) is 0 Å². The lowest BCUT2D eigenvalue weighted by Gasteiger charge is -2.12. The van der Waals surface area contributed by atoms with Crippen molar-refractivity contribution in [2.75, 3.05) is 0 Å². The molecule has 0 fully saturated rings. The maximum Gasteiger partial charge on any atom is -0.0234 e. The lowest BCUT2D eigenvalue weighted by Crippen LogP contribution is -1.97. The van der Waals surface area contributed by atoms with Crippen LogP contribution in [0.1, 0.15) is 85.0 Å². The third-order valence-electron chi connectivity index (χ3n) is 3.64. The second-order valence-electron chi connectivity index (χ2n) is 5.18. The largest absolute Gasteiger partial charge is 0.0996 e. The Labute approximate surface area is 104 Å². The van der Waals surface area contributed by atoms with E-state index >= 15 is 0 Å². The molecule has 0 N–H and O–H groups in total. The molecule has 0 aliphatic carbocycles. The monoisotopic (exact) mass is 224 g/mol. The van der Waals surface area contributed by atoms with Crippen molar-refractivity contribution < 1.29 is 0 Å². The molecule has 0 amide bonds. The lowest BCUT2D eigenvalue weighted by molar-refractivity contribution is 0.516. The van der Waals surface area contributed by atoms with Gasteiger partial charge in [0.15, 0.2) is 0 Å². The van der Waals surface area contributed by atoms with Gasteiger partial charge in [-0.25, -0.2) is 0 Å². The summed E-state index contributed by atoms with van der Waals surface area (Å²) in [6.07, 6.45) is 13.9. The minimum Gasteiger partial charge on any atom is -0.0996 e. The van der Waals surface area contributed by atoms with Crippen LogP contribution in [0.15, 0.2) is 12.2 Å². The van der Waals surface area contributed by atoms with Gasteiger partial charge in [0.2, 0.25) is 0 Å². The number of rotatable bonds is 11. The summed E-state index contributed by atoms with van der Waals surface area (Å²) in [4.78, 5) is 0. The van der Waals surface area contributed by atoms with E-state index in [-0.39, 0.29) is 0 Å². The fourth-order valence-electron chi connectivity index (χ4n) is 2.14. The van der Waals surface area contributed by atoms with Gasteiger partial charge >= 0.3 is 0 Å². The molecule has 0 radical (unpaired) electrons. The van der Waals surface area contributed by atoms with Crippen LogP contribution < -0.4 is 0 Å². The standard InChI is InChI=1S/C16H32/c1-5-7-8-9-10-11-12-13-14-16(4)15(3)6-2/h16H,3,5-14H2,1-2,4H3. The molecule has 0 aromatic rings. The van der Waals surface area contributed by atoms with E-state index < -0.39 is 0 Å². The van der Waals surface area contributed by atoms with E-state index in [1.165, 1.54) is 63.4 Å². The molecule has 0 rings (SSSR count). The van der Waals surface area contributed by atoms with Gasteiger partial charge in [0.25, 0.3) is 0 Å². The highest BCUT2D eigenvalue weighted by Crippen LogP contribution is 2.19. The highest BCUT2D eigenvalue weighted by atomic mass is 14.1. The summed E-state index contributed by atoms with van der Waals surface area (Å²) < 4.78 is 0. The summed E-state index contributed by atoms with van der Waals surface area (Å²) in [5, 5.41) is 0. The average Bonchev–Trinajstić information content (AvgIpc) is 2.31. The molecule has 0 heterocycles. The van der Waals surface area contributed by atoms with Crippen molar-refractivity contribution in [2.45, 2.75) is 85.0 Å². The fraction of sp³-hybridized carbons (Fsp3) is 0.875. The van der Waals surface area contributed by atoms with Crippen LogP contribution >= 0.6 is 0 Å². The first-order chi connectivity index (χ1) is 7.72. The molecular weight excluding hydrogens is 192 g/mol. The second kappa shape index (κ2) is 11.2. The molecule has 1 unspecified atom stereocenters. The SMILES string of the molecule is C=C(CC)C(C)CCCCCCCCCC. The molecule has 0 spiro atoms. The Kier molecular flexibility index (Phi) is 11.0. The van der Waals surface area contributed by atoms with Crippen LogP contribution in [0.3, 0.4) is 0 Å². The molecule has 1 atom stereocenters. The molecular formula is C16H32. The smallest absolute Gasteiger partial charge is 0.0234 e. The zero-order valence-corrected chi connectivity index (χ0v) is 11.9. The van der Waals surface area contributed by atoms with Crippen LogP contribution in [0.4, 0.5) is 0 Å². The van der Waals surface area contributed by atoms with E-state index in [1.807, 2.05) is 0 Å². The quantitative estimate of drug-likeness (QED) is 0.293. The molecule has 0 aliphatic rings. The van der Waals surface area contributed by atoms with E-state index in [0.29, 0.717) is 0 Å². The van der Waals surface area contributed by atoms with Gasteiger partial charge in [-0.1, -0.05) is 84.3 Å². The van der Waals surface area contributed by atoms with Gasteiger partial charge in [0.1, 0.15) is 0 Å². The Morgan fingerprint density at radius 2 is 1.38 bits per heavy atom. The van der Waals surface area contributed by atoms with E-state index in [2.05, 4.69) is 27.4 Å². The summed E-state index contributed by atoms with van der Waals surface area (Å²) in [6.45, 7) is 10.9. The van der Waals surface area contributed by atoms with Crippen LogP contribution in [0, 0.1) is 5.92 Å². The van der Waals surface area contributed by atoms with Crippen LogP contribution in [0.5, 0.6) is 0 Å². The van der Waals surface area contributed by atoms with Crippen molar-refractivity contribution in [2.24, 2.45) is 5.92 Å². The molecule has 0 saturated heterocycles. The van der Waals surface area contributed by atoms with Gasteiger partial charge in [-0.05, 0) is 18.8 Å². The highest BCUT2D eigenvalue weighted by Gasteiger charge is 2.03. The van der Waals surface area contributed by atoms with Crippen LogP contribution in [0.2, 0.25) is 0 Å². The van der Waals surface area contributed by atoms with Gasteiger partial charge in [-0.15, -0.1) is 0 Å². The van der Waals surface area contributed by atoms with Gasteiger partial charge in [-0.2, -0.15) is 0 Å². The Morgan fingerprint density at radius 1 is 0.875 bits per heavy atom. The third kappa shape index (κ3) is 9.00. The van der Waals surface area contributed by atoms with Crippen molar-refractivity contribution >= 4 is 0 Å². The lowest BCUT2D eigenvalue weighted by atomic mass is 9.94. The summed E-state index contributed by atoms with van der Waals surface area (Å²) in [7, 11) is 0. The molecule has 0 nitrogen and oxygen atoms in total. The predicted octanol–water partition coefficient (Wildman–Crippen LogP) is 6.12. The summed E-state index contributed by atoms with van der Waals surface area (Å²) in [5.41, 5.74) is 1.43. The third-order valence-corrected chi connectivity index (χ3v) is 3.64. The van der Waals surface area contributed by atoms with Crippen molar-refractivity contribution in [1.29, 1.82) is 0 Å². The first-order valence-corrected chi connectivity index (χ1v) is 7.40. The van der Waals surface area contributed by atoms with Crippen LogP contribution in [-0.2, 0) is 0 Å². The molecule has 16 heavy (non-hydrogen) atoms. The molecule has 0 aromatic carbocycles. The minimum absolute atomic E-state index is 0.741. The zero-order valence-electron chi connectivity index (χ0n) is 11.9. The maximum absolute atomic E-state index is 4.12. The van der Waals surface area contributed by atoms with E-state index in [0.717, 1.165) is 12.3 Å². The summed E-state index contributed by atoms with van der Waals surface area (Å²) in [5.74, 6) is 0.741. The Morgan fingerprint density at radius 3 is 1.88 bits per heavy atom. The molecule has 0 heteroatoms. The van der Waals surface area contributed by atoms with E-state index in [4.69, 9.17) is 0 Å². The molecule has 0 aliphatic heterocycles. The number of allylic oxidation sites excluding steroid dienone is 1. The normalized spacial score (nSPS) is 12.7. The van der Waals surface area contributed by atoms with Crippen molar-refractivity contribution in [3.8, 4) is 0 Å². The molecule has 0 bridgehead atoms. The van der Waals surface area contributed by atoms with Crippen molar-refractivity contribution in [3.63, 3.8) is 0 Å². The Bertz CT molecular complexity index is 157. The van der Waals surface area contributed by atoms with Crippen molar-refractivity contribution in [3.05, 3.63) is 12.2 Å². The number of unbranched alkanes of at least 4 members (excludes halogenated alkanes) is 7. The Balaban J connectivity index is 3.17. The highest BCUT2D eigenvalue weighted by molar-refractivity contribution is 4.97. The van der Waals surface area contributed by atoms with E-state index in [1.54, 1.807) is 0 Å². The van der Waals surface area contributed by atoms with Gasteiger partial charge in [-0.3, -0.25) is 0 Å². The topological polar surface area (TPSA) is 0 Å². The summed E-state index contributed by atoms with van der Waals surface area (Å²) in [6, 6.07) is 0. The zero-order chi connectivity index (χ0) is 12.2. The van der Waals surface area contributed by atoms with E-state index in [9.17, 15) is 0 Å². The summed E-state index contributed by atoms with van der Waals surface area (Å²) >= 11 is 0. The number of hydrogen-bond acceptors (Lipinski definition) is 0. The number of hydrogen-bond donors (Lipinski definition) is 0. The van der Waals surface area contributed by atoms with Crippen LogP contribution in [0.25, 0.3) is 0 Å². The maximum atomic E-state index is 4.12. The molecule has 0 saturated carbocycles. The average molecular weight is 224 g/mol. The predicted molar refractivity (Wildman–Crippen MR) is 75.8 cm³/mol. The first kappa shape index (κ1) is 15.7. The second-order valence-corrected chi connectivity index (χ2v) is 5.18. The minimum atomic E-state index is 0.741.